The van der Waals surface area contributed by atoms with Crippen LogP contribution in [0.2, 0.25) is 0 Å². The van der Waals surface area contributed by atoms with Gasteiger partial charge in [-0.15, -0.1) is 5.10 Å². The van der Waals surface area contributed by atoms with Crippen LogP contribution < -0.4 is 11.1 Å². The van der Waals surface area contributed by atoms with Crippen LogP contribution in [-0.4, -0.2) is 57.9 Å². The normalized spacial score (nSPS) is 18.9. The molecule has 1 saturated heterocycles. The van der Waals surface area contributed by atoms with Gasteiger partial charge in [0, 0.05) is 6.54 Å². The summed E-state index contributed by atoms with van der Waals surface area (Å²) in [5.41, 5.74) is 8.42. The lowest BCUT2D eigenvalue weighted by molar-refractivity contribution is 0.179. The van der Waals surface area contributed by atoms with Crippen molar-refractivity contribution in [2.45, 2.75) is 25.8 Å². The van der Waals surface area contributed by atoms with Crippen molar-refractivity contribution in [3.8, 4) is 5.69 Å². The SMILES string of the molecule is Cc1ccc(-n2nc(NC3C=CC(OCCN4CCCC4)=CC3=C=O)nc2N)cc1. The van der Waals surface area contributed by atoms with E-state index in [-0.39, 0.29) is 5.95 Å². The third-order valence-corrected chi connectivity index (χ3v) is 5.27. The lowest BCUT2D eigenvalue weighted by atomic mass is 10.0. The lowest BCUT2D eigenvalue weighted by Gasteiger charge is -2.19. The summed E-state index contributed by atoms with van der Waals surface area (Å²) in [5.74, 6) is 3.24. The minimum absolute atomic E-state index is 0.263. The van der Waals surface area contributed by atoms with Gasteiger partial charge in [0.2, 0.25) is 11.9 Å². The number of rotatable bonds is 7. The minimum Gasteiger partial charge on any atom is -0.492 e. The Morgan fingerprint density at radius 1 is 1.27 bits per heavy atom. The van der Waals surface area contributed by atoms with Gasteiger partial charge in [-0.1, -0.05) is 23.8 Å². The fourth-order valence-electron chi connectivity index (χ4n) is 3.59. The Morgan fingerprint density at radius 2 is 2.03 bits per heavy atom. The molecule has 1 atom stereocenters. The number of hydrogen-bond donors (Lipinski definition) is 2. The Balaban J connectivity index is 1.39. The number of nitrogen functional groups attached to an aromatic ring is 1. The number of nitrogens with two attached hydrogens (primary N) is 1. The van der Waals surface area contributed by atoms with Gasteiger partial charge in [0.1, 0.15) is 18.3 Å². The molecule has 0 radical (unpaired) electrons. The molecule has 0 amide bonds. The Hall–Kier alpha value is -3.35. The Kier molecular flexibility index (Phi) is 5.97. The summed E-state index contributed by atoms with van der Waals surface area (Å²) in [5, 5.41) is 7.55. The van der Waals surface area contributed by atoms with Crippen LogP contribution >= 0.6 is 0 Å². The molecule has 2 aromatic rings. The standard InChI is InChI=1S/C22H26N6O2/c1-16-4-6-18(7-5-16)28-21(23)25-22(26-28)24-20-9-8-19(14-17(20)15-29)30-13-12-27-10-2-3-11-27/h4-9,14,20H,2-3,10-13H2,1H3,(H3,23,24,25,26). The van der Waals surface area contributed by atoms with Crippen LogP contribution in [0.4, 0.5) is 11.9 Å². The van der Waals surface area contributed by atoms with Crippen LogP contribution in [0.5, 0.6) is 0 Å². The highest BCUT2D eigenvalue weighted by Gasteiger charge is 2.19. The first-order chi connectivity index (χ1) is 14.6. The third-order valence-electron chi connectivity index (χ3n) is 5.27. The Labute approximate surface area is 175 Å². The second-order valence-electron chi connectivity index (χ2n) is 7.52. The molecule has 2 aliphatic rings. The quantitative estimate of drug-likeness (QED) is 0.681. The van der Waals surface area contributed by atoms with Crippen LogP contribution in [0, 0.1) is 6.92 Å². The van der Waals surface area contributed by atoms with E-state index in [4.69, 9.17) is 10.5 Å². The minimum atomic E-state index is -0.401. The number of nitrogens with zero attached hydrogens (tertiary/aromatic N) is 4. The van der Waals surface area contributed by atoms with Crippen molar-refractivity contribution in [1.82, 2.24) is 19.7 Å². The van der Waals surface area contributed by atoms with Gasteiger partial charge in [0.15, 0.2) is 0 Å². The van der Waals surface area contributed by atoms with E-state index < -0.39 is 6.04 Å². The van der Waals surface area contributed by atoms with Crippen molar-refractivity contribution < 1.29 is 9.53 Å². The zero-order chi connectivity index (χ0) is 20.9. The molecule has 1 aliphatic carbocycles. The fourth-order valence-corrected chi connectivity index (χ4v) is 3.59. The number of benzene rings is 1. The molecule has 8 nitrogen and oxygen atoms in total. The van der Waals surface area contributed by atoms with Crippen molar-refractivity contribution in [3.63, 3.8) is 0 Å². The second-order valence-corrected chi connectivity index (χ2v) is 7.52. The van der Waals surface area contributed by atoms with Gasteiger partial charge in [0.05, 0.1) is 17.3 Å². The van der Waals surface area contributed by atoms with E-state index in [1.807, 2.05) is 49.3 Å². The topological polar surface area (TPSA) is 98.3 Å². The van der Waals surface area contributed by atoms with E-state index >= 15 is 0 Å². The van der Waals surface area contributed by atoms with Crippen molar-refractivity contribution in [2.75, 3.05) is 37.3 Å². The molecular weight excluding hydrogens is 380 g/mol. The molecule has 0 saturated carbocycles. The average Bonchev–Trinajstić information content (AvgIpc) is 3.39. The average molecular weight is 406 g/mol. The summed E-state index contributed by atoms with van der Waals surface area (Å²) in [6.07, 6.45) is 7.91. The van der Waals surface area contributed by atoms with Crippen LogP contribution in [0.15, 0.2) is 53.8 Å². The van der Waals surface area contributed by atoms with E-state index in [9.17, 15) is 4.79 Å². The second kappa shape index (κ2) is 8.98. The highest BCUT2D eigenvalue weighted by Crippen LogP contribution is 2.20. The number of hydrogen-bond acceptors (Lipinski definition) is 7. The van der Waals surface area contributed by atoms with Gasteiger partial charge >= 0.3 is 0 Å². The molecule has 1 fully saturated rings. The highest BCUT2D eigenvalue weighted by atomic mass is 16.5. The van der Waals surface area contributed by atoms with Crippen molar-refractivity contribution in [3.05, 3.63) is 59.4 Å². The molecule has 1 unspecified atom stereocenters. The van der Waals surface area contributed by atoms with E-state index in [1.54, 1.807) is 10.8 Å². The molecule has 1 aromatic carbocycles. The molecular formula is C22H26N6O2. The maximum Gasteiger partial charge on any atom is 0.245 e. The molecule has 0 spiro atoms. The van der Waals surface area contributed by atoms with Crippen molar-refractivity contribution in [2.24, 2.45) is 0 Å². The molecule has 8 heteroatoms. The van der Waals surface area contributed by atoms with E-state index in [1.165, 1.54) is 12.8 Å². The molecule has 3 N–H and O–H groups in total. The van der Waals surface area contributed by atoms with Crippen LogP contribution in [0.1, 0.15) is 18.4 Å². The number of nitrogens with one attached hydrogen (secondary N) is 1. The number of ether oxygens (including phenoxy) is 1. The molecule has 1 aromatic heterocycles. The van der Waals surface area contributed by atoms with Gasteiger partial charge in [-0.05, 0) is 57.1 Å². The van der Waals surface area contributed by atoms with Gasteiger partial charge in [-0.3, -0.25) is 4.90 Å². The number of aromatic nitrogens is 3. The van der Waals surface area contributed by atoms with E-state index in [0.29, 0.717) is 23.9 Å². The number of allylic oxidation sites excluding steroid dienone is 1. The van der Waals surface area contributed by atoms with E-state index in [0.717, 1.165) is 30.9 Å². The first-order valence-electron chi connectivity index (χ1n) is 10.2. The largest absolute Gasteiger partial charge is 0.492 e. The highest BCUT2D eigenvalue weighted by molar-refractivity contribution is 5.65. The molecule has 156 valence electrons. The smallest absolute Gasteiger partial charge is 0.245 e. The van der Waals surface area contributed by atoms with Gasteiger partial charge < -0.3 is 15.8 Å². The summed E-state index contributed by atoms with van der Waals surface area (Å²) < 4.78 is 7.37. The van der Waals surface area contributed by atoms with Crippen LogP contribution in [-0.2, 0) is 9.53 Å². The predicted octanol–water partition coefficient (Wildman–Crippen LogP) is 2.26. The number of aryl methyl sites for hydroxylation is 1. The molecule has 2 heterocycles. The maximum absolute atomic E-state index is 11.5. The fraction of sp³-hybridized carbons (Fsp3) is 0.364. The van der Waals surface area contributed by atoms with Gasteiger partial charge in [-0.2, -0.15) is 9.67 Å². The summed E-state index contributed by atoms with van der Waals surface area (Å²) >= 11 is 0. The summed E-state index contributed by atoms with van der Waals surface area (Å²) in [6.45, 7) is 5.78. The number of carbonyl (C=O) groups excluding carboxylic acids is 1. The van der Waals surface area contributed by atoms with Crippen molar-refractivity contribution >= 4 is 17.8 Å². The Morgan fingerprint density at radius 3 is 2.77 bits per heavy atom. The summed E-state index contributed by atoms with van der Waals surface area (Å²) in [6, 6.07) is 7.42. The Bertz CT molecular complexity index is 995. The lowest BCUT2D eigenvalue weighted by Crippen LogP contribution is -2.25. The zero-order valence-corrected chi connectivity index (χ0v) is 17.0. The molecule has 30 heavy (non-hydrogen) atoms. The zero-order valence-electron chi connectivity index (χ0n) is 17.0. The molecule has 0 bridgehead atoms. The molecule has 4 rings (SSSR count). The van der Waals surface area contributed by atoms with Crippen molar-refractivity contribution in [1.29, 1.82) is 0 Å². The van der Waals surface area contributed by atoms with Crippen LogP contribution in [0.25, 0.3) is 5.69 Å². The van der Waals surface area contributed by atoms with Gasteiger partial charge in [0.25, 0.3) is 0 Å². The van der Waals surface area contributed by atoms with Gasteiger partial charge in [-0.25, -0.2) is 4.79 Å². The predicted molar refractivity (Wildman–Crippen MR) is 116 cm³/mol. The number of anilines is 2. The number of likely N-dealkylation sites (tertiary alicyclic amines) is 1. The maximum atomic E-state index is 11.5. The third kappa shape index (κ3) is 4.62. The molecule has 1 aliphatic heterocycles. The summed E-state index contributed by atoms with van der Waals surface area (Å²) in [4.78, 5) is 18.2. The monoisotopic (exact) mass is 406 g/mol. The van der Waals surface area contributed by atoms with E-state index in [2.05, 4.69) is 20.3 Å². The van der Waals surface area contributed by atoms with Crippen LogP contribution in [0.3, 0.4) is 0 Å². The summed E-state index contributed by atoms with van der Waals surface area (Å²) in [7, 11) is 0. The first-order valence-corrected chi connectivity index (χ1v) is 10.2. The first kappa shape index (κ1) is 19.9.